The molecule has 0 saturated carbocycles. The molecule has 0 atom stereocenters. The fourth-order valence-electron chi connectivity index (χ4n) is 1.68. The van der Waals surface area contributed by atoms with Gasteiger partial charge in [0.25, 0.3) is 0 Å². The van der Waals surface area contributed by atoms with Crippen molar-refractivity contribution in [2.24, 2.45) is 0 Å². The van der Waals surface area contributed by atoms with E-state index in [1.165, 1.54) is 10.7 Å². The van der Waals surface area contributed by atoms with Crippen LogP contribution >= 0.6 is 11.3 Å². The van der Waals surface area contributed by atoms with Crippen LogP contribution in [0, 0.1) is 6.92 Å². The summed E-state index contributed by atoms with van der Waals surface area (Å²) >= 11 is 1.73. The van der Waals surface area contributed by atoms with Gasteiger partial charge in [-0.3, -0.25) is 0 Å². The molecule has 0 aromatic carbocycles. The van der Waals surface area contributed by atoms with Gasteiger partial charge in [-0.05, 0) is 13.5 Å². The second kappa shape index (κ2) is 5.93. The fourth-order valence-corrected chi connectivity index (χ4v) is 2.45. The van der Waals surface area contributed by atoms with Gasteiger partial charge in [-0.1, -0.05) is 6.92 Å². The van der Waals surface area contributed by atoms with E-state index in [0.29, 0.717) is 0 Å². The van der Waals surface area contributed by atoms with Crippen LogP contribution in [0.5, 0.6) is 0 Å². The van der Waals surface area contributed by atoms with Gasteiger partial charge in [0.1, 0.15) is 0 Å². The molecule has 2 aromatic rings. The second-order valence-electron chi connectivity index (χ2n) is 3.99. The molecule has 0 aliphatic heterocycles. The highest BCUT2D eigenvalue weighted by molar-refractivity contribution is 7.09. The zero-order valence-corrected chi connectivity index (χ0v) is 11.1. The Morgan fingerprint density at radius 3 is 3.06 bits per heavy atom. The number of nitrogens with one attached hydrogen (secondary N) is 1. The molecule has 0 radical (unpaired) electrons. The molecule has 2 rings (SSSR count). The Kier molecular flexibility index (Phi) is 4.28. The number of aryl methyl sites for hydroxylation is 3. The molecule has 92 valence electrons. The molecular weight excluding hydrogens is 232 g/mol. The van der Waals surface area contributed by atoms with Crippen LogP contribution in [-0.2, 0) is 19.5 Å². The lowest BCUT2D eigenvalue weighted by Gasteiger charge is -2.07. The van der Waals surface area contributed by atoms with E-state index in [1.807, 2.05) is 19.4 Å². The highest BCUT2D eigenvalue weighted by Gasteiger charge is 2.03. The second-order valence-corrected chi connectivity index (χ2v) is 4.93. The Hall–Kier alpha value is -1.20. The van der Waals surface area contributed by atoms with Crippen LogP contribution < -0.4 is 5.32 Å². The van der Waals surface area contributed by atoms with Gasteiger partial charge in [-0.15, -0.1) is 11.3 Å². The normalized spacial score (nSPS) is 10.9. The van der Waals surface area contributed by atoms with Gasteiger partial charge in [0.15, 0.2) is 0 Å². The van der Waals surface area contributed by atoms with Crippen LogP contribution in [-0.4, -0.2) is 21.1 Å². The van der Waals surface area contributed by atoms with Crippen LogP contribution in [0.1, 0.15) is 23.3 Å². The lowest BCUT2D eigenvalue weighted by Crippen LogP contribution is -2.15. The van der Waals surface area contributed by atoms with Crippen molar-refractivity contribution in [1.82, 2.24) is 19.9 Å². The highest BCUT2D eigenvalue weighted by Crippen LogP contribution is 2.11. The van der Waals surface area contributed by atoms with E-state index in [4.69, 9.17) is 0 Å². The van der Waals surface area contributed by atoms with Crippen LogP contribution in [0.4, 0.5) is 0 Å². The van der Waals surface area contributed by atoms with Crippen molar-refractivity contribution in [2.75, 3.05) is 6.54 Å². The molecular formula is C12H18N4S. The monoisotopic (exact) mass is 250 g/mol. The van der Waals surface area contributed by atoms with E-state index in [1.54, 1.807) is 11.3 Å². The third-order valence-electron chi connectivity index (χ3n) is 2.59. The number of hydrogen-bond donors (Lipinski definition) is 1. The molecule has 0 saturated heterocycles. The molecule has 0 aliphatic rings. The van der Waals surface area contributed by atoms with Crippen molar-refractivity contribution in [3.63, 3.8) is 0 Å². The van der Waals surface area contributed by atoms with Gasteiger partial charge >= 0.3 is 0 Å². The van der Waals surface area contributed by atoms with Crippen LogP contribution in [0.15, 0.2) is 17.9 Å². The first-order valence-electron chi connectivity index (χ1n) is 5.90. The first-order chi connectivity index (χ1) is 8.29. The van der Waals surface area contributed by atoms with Crippen molar-refractivity contribution in [2.45, 2.75) is 33.4 Å². The maximum Gasteiger partial charge on any atom is 0.0948 e. The van der Waals surface area contributed by atoms with Gasteiger partial charge in [0.05, 0.1) is 17.0 Å². The predicted molar refractivity (Wildman–Crippen MR) is 70.2 cm³/mol. The molecule has 2 heterocycles. The van der Waals surface area contributed by atoms with E-state index in [-0.39, 0.29) is 0 Å². The van der Waals surface area contributed by atoms with Crippen molar-refractivity contribution < 1.29 is 0 Å². The first kappa shape index (κ1) is 12.3. The molecule has 1 N–H and O–H groups in total. The Morgan fingerprint density at radius 2 is 2.35 bits per heavy atom. The predicted octanol–water partition coefficient (Wildman–Crippen LogP) is 2.00. The summed E-state index contributed by atoms with van der Waals surface area (Å²) in [6.45, 7) is 6.96. The summed E-state index contributed by atoms with van der Waals surface area (Å²) in [6, 6.07) is 0. The SMILES string of the molecule is CCNCc1cncn1CCc1nc(C)cs1. The number of rotatable bonds is 6. The van der Waals surface area contributed by atoms with Crippen LogP contribution in [0.25, 0.3) is 0 Å². The summed E-state index contributed by atoms with van der Waals surface area (Å²) in [5, 5.41) is 6.62. The molecule has 0 fully saturated rings. The van der Waals surface area contributed by atoms with Gasteiger partial charge in [0.2, 0.25) is 0 Å². The lowest BCUT2D eigenvalue weighted by molar-refractivity contribution is 0.618. The van der Waals surface area contributed by atoms with Crippen molar-refractivity contribution in [1.29, 1.82) is 0 Å². The summed E-state index contributed by atoms with van der Waals surface area (Å²) in [4.78, 5) is 8.67. The largest absolute Gasteiger partial charge is 0.333 e. The van der Waals surface area contributed by atoms with E-state index in [9.17, 15) is 0 Å². The maximum atomic E-state index is 4.47. The molecule has 4 nitrogen and oxygen atoms in total. The third-order valence-corrected chi connectivity index (χ3v) is 3.61. The smallest absolute Gasteiger partial charge is 0.0948 e. The molecule has 0 spiro atoms. The Balaban J connectivity index is 1.92. The summed E-state index contributed by atoms with van der Waals surface area (Å²) < 4.78 is 2.19. The van der Waals surface area contributed by atoms with Gasteiger partial charge in [-0.25, -0.2) is 9.97 Å². The Bertz CT molecular complexity index is 461. The van der Waals surface area contributed by atoms with Crippen LogP contribution in [0.3, 0.4) is 0 Å². The Labute approximate surface area is 106 Å². The molecule has 5 heteroatoms. The maximum absolute atomic E-state index is 4.47. The average molecular weight is 250 g/mol. The van der Waals surface area contributed by atoms with Crippen molar-refractivity contribution in [3.05, 3.63) is 34.3 Å². The minimum Gasteiger partial charge on any atom is -0.333 e. The van der Waals surface area contributed by atoms with E-state index < -0.39 is 0 Å². The van der Waals surface area contributed by atoms with Crippen molar-refractivity contribution in [3.8, 4) is 0 Å². The fraction of sp³-hybridized carbons (Fsp3) is 0.500. The van der Waals surface area contributed by atoms with Gasteiger partial charge in [-0.2, -0.15) is 0 Å². The molecule has 0 aliphatic carbocycles. The zero-order valence-electron chi connectivity index (χ0n) is 10.3. The Morgan fingerprint density at radius 1 is 1.47 bits per heavy atom. The number of hydrogen-bond acceptors (Lipinski definition) is 4. The quantitative estimate of drug-likeness (QED) is 0.852. The molecule has 0 unspecified atom stereocenters. The number of nitrogens with zero attached hydrogens (tertiary/aromatic N) is 3. The summed E-state index contributed by atoms with van der Waals surface area (Å²) in [5.41, 5.74) is 2.35. The lowest BCUT2D eigenvalue weighted by atomic mass is 10.4. The average Bonchev–Trinajstić information content (AvgIpc) is 2.92. The number of aromatic nitrogens is 3. The topological polar surface area (TPSA) is 42.7 Å². The van der Waals surface area contributed by atoms with Crippen molar-refractivity contribution >= 4 is 11.3 Å². The summed E-state index contributed by atoms with van der Waals surface area (Å²) in [6.07, 6.45) is 4.80. The molecule has 2 aromatic heterocycles. The number of thiazole rings is 1. The van der Waals surface area contributed by atoms with Gasteiger partial charge < -0.3 is 9.88 Å². The van der Waals surface area contributed by atoms with Crippen LogP contribution in [0.2, 0.25) is 0 Å². The highest BCUT2D eigenvalue weighted by atomic mass is 32.1. The minimum atomic E-state index is 0.882. The summed E-state index contributed by atoms with van der Waals surface area (Å²) in [7, 11) is 0. The molecule has 0 bridgehead atoms. The van der Waals surface area contributed by atoms with Gasteiger partial charge in [0, 0.05) is 36.8 Å². The zero-order chi connectivity index (χ0) is 12.1. The van der Waals surface area contributed by atoms with E-state index in [2.05, 4.69) is 32.2 Å². The minimum absolute atomic E-state index is 0.882. The summed E-state index contributed by atoms with van der Waals surface area (Å²) in [5.74, 6) is 0. The number of imidazole rings is 1. The first-order valence-corrected chi connectivity index (χ1v) is 6.78. The van der Waals surface area contributed by atoms with E-state index >= 15 is 0 Å². The standard InChI is InChI=1S/C12H18N4S/c1-3-13-6-11-7-14-9-16(11)5-4-12-15-10(2)8-17-12/h7-9,13H,3-6H2,1-2H3. The molecule has 0 amide bonds. The molecule has 17 heavy (non-hydrogen) atoms. The van der Waals surface area contributed by atoms with E-state index in [0.717, 1.165) is 31.7 Å². The third kappa shape index (κ3) is 3.38.